The summed E-state index contributed by atoms with van der Waals surface area (Å²) in [6.07, 6.45) is 3.27. The Bertz CT molecular complexity index is 1330. The zero-order valence-corrected chi connectivity index (χ0v) is 16.8. The topological polar surface area (TPSA) is 115 Å². The van der Waals surface area contributed by atoms with Crippen molar-refractivity contribution in [2.24, 2.45) is 7.05 Å². The van der Waals surface area contributed by atoms with Crippen molar-refractivity contribution in [1.29, 1.82) is 0 Å². The van der Waals surface area contributed by atoms with Crippen molar-refractivity contribution in [3.05, 3.63) is 42.0 Å². The molecular weight excluding hydrogens is 392 g/mol. The van der Waals surface area contributed by atoms with Gasteiger partial charge in [0.15, 0.2) is 5.65 Å². The molecule has 1 aliphatic heterocycles. The second-order valence-electron chi connectivity index (χ2n) is 7.21. The summed E-state index contributed by atoms with van der Waals surface area (Å²) in [6, 6.07) is 6.81. The van der Waals surface area contributed by atoms with Crippen molar-refractivity contribution in [2.45, 2.75) is 30.8 Å². The number of hydrogen-bond acceptors (Lipinski definition) is 6. The Morgan fingerprint density at radius 3 is 2.97 bits per heavy atom. The average molecular weight is 412 g/mol. The molecule has 0 amide bonds. The first-order valence-electron chi connectivity index (χ1n) is 9.34. The van der Waals surface area contributed by atoms with Crippen LogP contribution in [-0.4, -0.2) is 39.8 Å². The smallest absolute Gasteiger partial charge is 0.263 e. The Balaban J connectivity index is 1.46. The number of sulfonamides is 1. The van der Waals surface area contributed by atoms with E-state index in [1.807, 2.05) is 6.92 Å². The Kier molecular flexibility index (Phi) is 4.07. The lowest BCUT2D eigenvalue weighted by molar-refractivity contribution is 0.106. The summed E-state index contributed by atoms with van der Waals surface area (Å²) in [5, 5.41) is 4.99. The highest BCUT2D eigenvalue weighted by Crippen LogP contribution is 2.29. The predicted octanol–water partition coefficient (Wildman–Crippen LogP) is 2.81. The molecule has 10 heteroatoms. The molecule has 1 unspecified atom stereocenters. The number of aromatic amines is 1. The number of aromatic nitrogens is 5. The highest BCUT2D eigenvalue weighted by Gasteiger charge is 2.22. The van der Waals surface area contributed by atoms with Gasteiger partial charge in [0.1, 0.15) is 16.8 Å². The molecule has 9 nitrogen and oxygen atoms in total. The highest BCUT2D eigenvalue weighted by molar-refractivity contribution is 7.92. The number of fused-ring (bicyclic) bond motifs is 2. The average Bonchev–Trinajstić information content (AvgIpc) is 3.41. The van der Waals surface area contributed by atoms with E-state index in [-0.39, 0.29) is 11.0 Å². The zero-order chi connectivity index (χ0) is 20.2. The molecule has 0 spiro atoms. The van der Waals surface area contributed by atoms with Crippen LogP contribution < -0.4 is 4.72 Å². The maximum atomic E-state index is 12.9. The van der Waals surface area contributed by atoms with Gasteiger partial charge in [-0.3, -0.25) is 9.40 Å². The van der Waals surface area contributed by atoms with Crippen molar-refractivity contribution in [2.75, 3.05) is 11.3 Å². The van der Waals surface area contributed by atoms with E-state index < -0.39 is 10.0 Å². The Hall–Kier alpha value is -2.98. The molecule has 150 valence electrons. The van der Waals surface area contributed by atoms with E-state index in [4.69, 9.17) is 4.74 Å². The third-order valence-electron chi connectivity index (χ3n) is 5.14. The number of ether oxygens (including phenoxy) is 1. The summed E-state index contributed by atoms with van der Waals surface area (Å²) in [4.78, 5) is 12.1. The fourth-order valence-corrected chi connectivity index (χ4v) is 4.71. The summed E-state index contributed by atoms with van der Waals surface area (Å²) >= 11 is 0. The van der Waals surface area contributed by atoms with Crippen LogP contribution in [0, 0.1) is 6.92 Å². The van der Waals surface area contributed by atoms with Crippen LogP contribution in [0.5, 0.6) is 0 Å². The molecule has 5 rings (SSSR count). The van der Waals surface area contributed by atoms with Crippen molar-refractivity contribution in [3.63, 3.8) is 0 Å². The van der Waals surface area contributed by atoms with Crippen LogP contribution in [0.1, 0.15) is 30.5 Å². The van der Waals surface area contributed by atoms with E-state index in [1.54, 1.807) is 36.0 Å². The third kappa shape index (κ3) is 3.14. The molecule has 2 N–H and O–H groups in total. The molecule has 3 aromatic heterocycles. The van der Waals surface area contributed by atoms with Gasteiger partial charge in [-0.2, -0.15) is 5.10 Å². The molecule has 0 saturated carbocycles. The largest absolute Gasteiger partial charge is 0.370 e. The fraction of sp³-hybridized carbons (Fsp3) is 0.316. The van der Waals surface area contributed by atoms with Gasteiger partial charge in [-0.15, -0.1) is 0 Å². The predicted molar refractivity (Wildman–Crippen MR) is 108 cm³/mol. The third-order valence-corrected chi connectivity index (χ3v) is 6.48. The first kappa shape index (κ1) is 18.1. The molecule has 0 radical (unpaired) electrons. The first-order valence-corrected chi connectivity index (χ1v) is 10.8. The molecule has 4 aromatic rings. The summed E-state index contributed by atoms with van der Waals surface area (Å²) in [5.74, 6) is 0.777. The Labute approximate surface area is 167 Å². The van der Waals surface area contributed by atoms with Crippen molar-refractivity contribution < 1.29 is 13.2 Å². The SMILES string of the molecule is Cc1nn(C)c2ncc(S(=O)(=O)Nc3ccc4nc(C5CCCO5)[nH]c4c3)cc12. The van der Waals surface area contributed by atoms with E-state index in [0.29, 0.717) is 16.7 Å². The Morgan fingerprint density at radius 1 is 1.31 bits per heavy atom. The van der Waals surface area contributed by atoms with Crippen LogP contribution in [0.2, 0.25) is 0 Å². The standard InChI is InChI=1S/C19H20N6O3S/c1-11-14-9-13(10-20-19(14)25(2)23-11)29(26,27)24-12-5-6-15-16(8-12)22-18(21-15)17-4-3-7-28-17/h5-6,8-10,17,24H,3-4,7H2,1-2H3,(H,21,22). The minimum absolute atomic E-state index is 0.0249. The van der Waals surface area contributed by atoms with Crippen molar-refractivity contribution >= 4 is 37.8 Å². The van der Waals surface area contributed by atoms with Gasteiger partial charge in [-0.05, 0) is 44.0 Å². The first-order chi connectivity index (χ1) is 13.9. The maximum absolute atomic E-state index is 12.9. The molecule has 4 heterocycles. The highest BCUT2D eigenvalue weighted by atomic mass is 32.2. The fourth-order valence-electron chi connectivity index (χ4n) is 3.69. The van der Waals surface area contributed by atoms with Gasteiger partial charge in [-0.1, -0.05) is 0 Å². The number of rotatable bonds is 4. The number of nitrogens with one attached hydrogen (secondary N) is 2. The van der Waals surface area contributed by atoms with Crippen LogP contribution in [0.4, 0.5) is 5.69 Å². The molecule has 1 aliphatic rings. The van der Waals surface area contributed by atoms with E-state index >= 15 is 0 Å². The van der Waals surface area contributed by atoms with E-state index in [1.165, 1.54) is 6.20 Å². The summed E-state index contributed by atoms with van der Waals surface area (Å²) in [7, 11) is -2.02. The Morgan fingerprint density at radius 2 is 2.17 bits per heavy atom. The summed E-state index contributed by atoms with van der Waals surface area (Å²) in [5.41, 5.74) is 3.34. The molecule has 29 heavy (non-hydrogen) atoms. The number of aryl methyl sites for hydroxylation is 2. The van der Waals surface area contributed by atoms with E-state index in [2.05, 4.69) is 24.8 Å². The zero-order valence-electron chi connectivity index (χ0n) is 16.0. The molecule has 1 fully saturated rings. The number of imidazole rings is 1. The second-order valence-corrected chi connectivity index (χ2v) is 8.89. The lowest BCUT2D eigenvalue weighted by Gasteiger charge is -2.08. The normalized spacial score (nSPS) is 17.4. The number of pyridine rings is 1. The molecule has 1 saturated heterocycles. The molecular formula is C19H20N6O3S. The molecule has 0 bridgehead atoms. The second kappa shape index (κ2) is 6.53. The number of benzene rings is 1. The lowest BCUT2D eigenvalue weighted by atomic mass is 10.2. The van der Waals surface area contributed by atoms with Gasteiger partial charge in [-0.25, -0.2) is 18.4 Å². The summed E-state index contributed by atoms with van der Waals surface area (Å²) in [6.45, 7) is 2.56. The molecule has 1 atom stereocenters. The number of hydrogen-bond donors (Lipinski definition) is 2. The van der Waals surface area contributed by atoms with Crippen LogP contribution in [0.3, 0.4) is 0 Å². The lowest BCUT2D eigenvalue weighted by Crippen LogP contribution is -2.13. The number of H-pyrrole nitrogens is 1. The van der Waals surface area contributed by atoms with Gasteiger partial charge in [0.2, 0.25) is 0 Å². The van der Waals surface area contributed by atoms with Gasteiger partial charge in [0, 0.05) is 25.2 Å². The number of anilines is 1. The van der Waals surface area contributed by atoms with Gasteiger partial charge in [0.25, 0.3) is 10.0 Å². The number of nitrogens with zero attached hydrogens (tertiary/aromatic N) is 4. The van der Waals surface area contributed by atoms with Crippen LogP contribution in [0.25, 0.3) is 22.1 Å². The minimum Gasteiger partial charge on any atom is -0.370 e. The van der Waals surface area contributed by atoms with Crippen molar-refractivity contribution in [3.8, 4) is 0 Å². The quantitative estimate of drug-likeness (QED) is 0.533. The van der Waals surface area contributed by atoms with Gasteiger partial charge >= 0.3 is 0 Å². The monoisotopic (exact) mass is 412 g/mol. The van der Waals surface area contributed by atoms with E-state index in [0.717, 1.165) is 42.0 Å². The minimum atomic E-state index is -3.80. The van der Waals surface area contributed by atoms with Crippen molar-refractivity contribution in [1.82, 2.24) is 24.7 Å². The van der Waals surface area contributed by atoms with Gasteiger partial charge < -0.3 is 9.72 Å². The molecule has 1 aromatic carbocycles. The van der Waals surface area contributed by atoms with Crippen LogP contribution >= 0.6 is 0 Å². The maximum Gasteiger partial charge on any atom is 0.263 e. The summed E-state index contributed by atoms with van der Waals surface area (Å²) < 4.78 is 35.7. The molecule has 0 aliphatic carbocycles. The van der Waals surface area contributed by atoms with Gasteiger partial charge in [0.05, 0.1) is 22.4 Å². The van der Waals surface area contributed by atoms with Crippen LogP contribution in [0.15, 0.2) is 35.4 Å². The van der Waals surface area contributed by atoms with Crippen LogP contribution in [-0.2, 0) is 21.8 Å². The van der Waals surface area contributed by atoms with E-state index in [9.17, 15) is 8.42 Å².